The van der Waals surface area contributed by atoms with Crippen LogP contribution in [0.5, 0.6) is 0 Å². The van der Waals surface area contributed by atoms with Gasteiger partial charge in [0, 0.05) is 29.2 Å². The lowest BCUT2D eigenvalue weighted by Gasteiger charge is -2.13. The zero-order valence-electron chi connectivity index (χ0n) is 10.2. The Morgan fingerprint density at radius 2 is 2.24 bits per heavy atom. The fraction of sp³-hybridized carbons (Fsp3) is 0.333. The quantitative estimate of drug-likeness (QED) is 0.809. The standard InChI is InChI=1S/C15H18N2/c1-2-11-5-6-15-13(8-11)14(10-17-15)12-4-3-7-16-9-12/h4-6,8,10,16-17H,2-3,7,9H2,1H3. The molecule has 0 atom stereocenters. The van der Waals surface area contributed by atoms with E-state index in [1.807, 2.05) is 0 Å². The van der Waals surface area contributed by atoms with Gasteiger partial charge in [0.05, 0.1) is 0 Å². The largest absolute Gasteiger partial charge is 0.361 e. The highest BCUT2D eigenvalue weighted by molar-refractivity contribution is 5.93. The van der Waals surface area contributed by atoms with Gasteiger partial charge in [-0.3, -0.25) is 0 Å². The second kappa shape index (κ2) is 4.38. The molecule has 0 fully saturated rings. The molecule has 88 valence electrons. The first-order chi connectivity index (χ1) is 8.38. The van der Waals surface area contributed by atoms with Crippen LogP contribution in [-0.4, -0.2) is 18.1 Å². The van der Waals surface area contributed by atoms with Crippen molar-refractivity contribution >= 4 is 16.5 Å². The Morgan fingerprint density at radius 3 is 3.00 bits per heavy atom. The molecule has 0 saturated heterocycles. The van der Waals surface area contributed by atoms with Crippen LogP contribution in [0.2, 0.25) is 0 Å². The van der Waals surface area contributed by atoms with Gasteiger partial charge in [-0.1, -0.05) is 19.1 Å². The highest BCUT2D eigenvalue weighted by Crippen LogP contribution is 2.27. The predicted molar refractivity (Wildman–Crippen MR) is 73.1 cm³/mol. The third-order valence-corrected chi connectivity index (χ3v) is 3.53. The smallest absolute Gasteiger partial charge is 0.0460 e. The normalized spacial score (nSPS) is 16.2. The van der Waals surface area contributed by atoms with Crippen LogP contribution in [0.3, 0.4) is 0 Å². The van der Waals surface area contributed by atoms with E-state index >= 15 is 0 Å². The Morgan fingerprint density at radius 1 is 1.29 bits per heavy atom. The van der Waals surface area contributed by atoms with Crippen molar-refractivity contribution in [2.45, 2.75) is 19.8 Å². The van der Waals surface area contributed by atoms with Crippen molar-refractivity contribution in [3.63, 3.8) is 0 Å². The van der Waals surface area contributed by atoms with Gasteiger partial charge in [0.15, 0.2) is 0 Å². The molecule has 1 aliphatic heterocycles. The Bertz CT molecular complexity index is 563. The SMILES string of the molecule is CCc1ccc2[nH]cc(C3=CCCNC3)c2c1. The summed E-state index contributed by atoms with van der Waals surface area (Å²) in [7, 11) is 0. The number of aromatic nitrogens is 1. The van der Waals surface area contributed by atoms with Crippen LogP contribution in [0.25, 0.3) is 16.5 Å². The molecule has 2 heteroatoms. The number of hydrogen-bond acceptors (Lipinski definition) is 1. The summed E-state index contributed by atoms with van der Waals surface area (Å²) in [6.07, 6.45) is 6.73. The molecule has 0 bridgehead atoms. The van der Waals surface area contributed by atoms with Crippen molar-refractivity contribution < 1.29 is 0 Å². The van der Waals surface area contributed by atoms with E-state index in [1.165, 1.54) is 27.6 Å². The minimum Gasteiger partial charge on any atom is -0.361 e. The molecule has 0 unspecified atom stereocenters. The summed E-state index contributed by atoms with van der Waals surface area (Å²) < 4.78 is 0. The van der Waals surface area contributed by atoms with Crippen molar-refractivity contribution in [3.8, 4) is 0 Å². The molecule has 0 aliphatic carbocycles. The zero-order valence-corrected chi connectivity index (χ0v) is 10.2. The Hall–Kier alpha value is -1.54. The highest BCUT2D eigenvalue weighted by atomic mass is 14.9. The molecule has 17 heavy (non-hydrogen) atoms. The van der Waals surface area contributed by atoms with Gasteiger partial charge < -0.3 is 10.3 Å². The van der Waals surface area contributed by atoms with Crippen LogP contribution in [0.1, 0.15) is 24.5 Å². The van der Waals surface area contributed by atoms with Crippen LogP contribution in [-0.2, 0) is 6.42 Å². The second-order valence-electron chi connectivity index (χ2n) is 4.63. The molecule has 0 spiro atoms. The van der Waals surface area contributed by atoms with E-state index in [4.69, 9.17) is 0 Å². The van der Waals surface area contributed by atoms with Crippen molar-refractivity contribution in [1.29, 1.82) is 0 Å². The molecular weight excluding hydrogens is 208 g/mol. The number of rotatable bonds is 2. The topological polar surface area (TPSA) is 27.8 Å². The van der Waals surface area contributed by atoms with Gasteiger partial charge in [-0.25, -0.2) is 0 Å². The number of H-pyrrole nitrogens is 1. The molecule has 2 N–H and O–H groups in total. The Balaban J connectivity index is 2.12. The van der Waals surface area contributed by atoms with E-state index < -0.39 is 0 Å². The number of aryl methyl sites for hydroxylation is 1. The molecule has 0 saturated carbocycles. The minimum absolute atomic E-state index is 0.989. The summed E-state index contributed by atoms with van der Waals surface area (Å²) in [6, 6.07) is 6.71. The van der Waals surface area contributed by atoms with Gasteiger partial charge in [0.2, 0.25) is 0 Å². The van der Waals surface area contributed by atoms with Crippen molar-refractivity contribution in [3.05, 3.63) is 41.6 Å². The average Bonchev–Trinajstić information content (AvgIpc) is 2.82. The Kier molecular flexibility index (Phi) is 2.73. The summed E-state index contributed by atoms with van der Waals surface area (Å²) in [6.45, 7) is 4.30. The van der Waals surface area contributed by atoms with E-state index in [0.717, 1.165) is 25.9 Å². The average molecular weight is 226 g/mol. The van der Waals surface area contributed by atoms with E-state index in [-0.39, 0.29) is 0 Å². The minimum atomic E-state index is 0.989. The number of fused-ring (bicyclic) bond motifs is 1. The van der Waals surface area contributed by atoms with Crippen LogP contribution >= 0.6 is 0 Å². The molecule has 1 aromatic carbocycles. The van der Waals surface area contributed by atoms with Crippen molar-refractivity contribution in [2.75, 3.05) is 13.1 Å². The number of hydrogen-bond donors (Lipinski definition) is 2. The summed E-state index contributed by atoms with van der Waals surface area (Å²) in [5.41, 5.74) is 5.43. The first-order valence-corrected chi connectivity index (χ1v) is 6.38. The van der Waals surface area contributed by atoms with Gasteiger partial charge in [-0.05, 0) is 42.7 Å². The molecule has 2 nitrogen and oxygen atoms in total. The maximum absolute atomic E-state index is 3.43. The summed E-state index contributed by atoms with van der Waals surface area (Å²) in [4.78, 5) is 3.37. The number of nitrogens with one attached hydrogen (secondary N) is 2. The van der Waals surface area contributed by atoms with Gasteiger partial charge in [-0.2, -0.15) is 0 Å². The lowest BCUT2D eigenvalue weighted by atomic mass is 10.00. The lowest BCUT2D eigenvalue weighted by molar-refractivity contribution is 0.739. The Labute approximate surface area is 102 Å². The van der Waals surface area contributed by atoms with E-state index in [9.17, 15) is 0 Å². The maximum Gasteiger partial charge on any atom is 0.0460 e. The first-order valence-electron chi connectivity index (χ1n) is 6.38. The van der Waals surface area contributed by atoms with Crippen LogP contribution in [0, 0.1) is 0 Å². The van der Waals surface area contributed by atoms with Crippen LogP contribution in [0.4, 0.5) is 0 Å². The van der Waals surface area contributed by atoms with E-state index in [2.05, 4.69) is 47.7 Å². The molecule has 2 heterocycles. The van der Waals surface area contributed by atoms with Crippen LogP contribution in [0.15, 0.2) is 30.5 Å². The fourth-order valence-corrected chi connectivity index (χ4v) is 2.50. The highest BCUT2D eigenvalue weighted by Gasteiger charge is 2.10. The molecule has 1 aliphatic rings. The summed E-state index contributed by atoms with van der Waals surface area (Å²) in [5, 5.41) is 4.79. The van der Waals surface area contributed by atoms with Gasteiger partial charge in [0.1, 0.15) is 0 Å². The number of aromatic amines is 1. The molecule has 2 aromatic rings. The summed E-state index contributed by atoms with van der Waals surface area (Å²) >= 11 is 0. The van der Waals surface area contributed by atoms with Gasteiger partial charge in [0.25, 0.3) is 0 Å². The zero-order chi connectivity index (χ0) is 11.7. The fourth-order valence-electron chi connectivity index (χ4n) is 2.50. The lowest BCUT2D eigenvalue weighted by Crippen LogP contribution is -2.21. The third-order valence-electron chi connectivity index (χ3n) is 3.53. The van der Waals surface area contributed by atoms with Gasteiger partial charge in [-0.15, -0.1) is 0 Å². The van der Waals surface area contributed by atoms with E-state index in [1.54, 1.807) is 0 Å². The summed E-state index contributed by atoms with van der Waals surface area (Å²) in [5.74, 6) is 0. The molecular formula is C15H18N2. The van der Waals surface area contributed by atoms with Crippen LogP contribution < -0.4 is 5.32 Å². The third kappa shape index (κ3) is 1.89. The molecule has 0 amide bonds. The maximum atomic E-state index is 3.43. The second-order valence-corrected chi connectivity index (χ2v) is 4.63. The molecule has 3 rings (SSSR count). The van der Waals surface area contributed by atoms with E-state index in [0.29, 0.717) is 0 Å². The van der Waals surface area contributed by atoms with Crippen molar-refractivity contribution in [1.82, 2.24) is 10.3 Å². The first kappa shape index (κ1) is 10.6. The van der Waals surface area contributed by atoms with Crippen molar-refractivity contribution in [2.24, 2.45) is 0 Å². The monoisotopic (exact) mass is 226 g/mol. The predicted octanol–water partition coefficient (Wildman–Crippen LogP) is 3.11. The molecule has 1 aromatic heterocycles. The molecule has 0 radical (unpaired) electrons. The van der Waals surface area contributed by atoms with Gasteiger partial charge >= 0.3 is 0 Å². The number of benzene rings is 1.